The first-order chi connectivity index (χ1) is 9.33. The van der Waals surface area contributed by atoms with E-state index in [-0.39, 0.29) is 0 Å². The molecular weight excluding hydrogens is 236 g/mol. The molecule has 0 radical (unpaired) electrons. The molecule has 1 aromatic rings. The van der Waals surface area contributed by atoms with E-state index in [1.165, 1.54) is 44.2 Å². The van der Waals surface area contributed by atoms with Gasteiger partial charge in [0.05, 0.1) is 12.2 Å². The number of rotatable bonds is 4. The predicted octanol–water partition coefficient (Wildman–Crippen LogP) is 2.17. The second-order valence-electron chi connectivity index (χ2n) is 6.02. The highest BCUT2D eigenvalue weighted by molar-refractivity contribution is 5.13. The van der Waals surface area contributed by atoms with Crippen LogP contribution in [0.3, 0.4) is 0 Å². The van der Waals surface area contributed by atoms with Crippen molar-refractivity contribution >= 4 is 0 Å². The van der Waals surface area contributed by atoms with Crippen LogP contribution in [0.15, 0.2) is 12.4 Å². The first-order valence-corrected chi connectivity index (χ1v) is 7.81. The highest BCUT2D eigenvalue weighted by Gasteiger charge is 2.38. The Hall–Kier alpha value is -0.870. The number of aryl methyl sites for hydroxylation is 1. The van der Waals surface area contributed by atoms with E-state index in [0.717, 1.165) is 18.5 Å². The van der Waals surface area contributed by atoms with E-state index in [1.807, 2.05) is 10.9 Å². The van der Waals surface area contributed by atoms with Crippen LogP contribution in [0.2, 0.25) is 0 Å². The molecule has 4 heteroatoms. The average Bonchev–Trinajstić information content (AvgIpc) is 3.08. The van der Waals surface area contributed by atoms with Gasteiger partial charge in [-0.15, -0.1) is 0 Å². The van der Waals surface area contributed by atoms with Crippen molar-refractivity contribution in [1.29, 1.82) is 0 Å². The van der Waals surface area contributed by atoms with Crippen molar-refractivity contribution < 1.29 is 0 Å². The third-order valence-corrected chi connectivity index (χ3v) is 5.02. The lowest BCUT2D eigenvalue weighted by atomic mass is 9.90. The predicted molar refractivity (Wildman–Crippen MR) is 76.8 cm³/mol. The maximum atomic E-state index is 6.09. The minimum atomic E-state index is 0.367. The molecule has 19 heavy (non-hydrogen) atoms. The van der Waals surface area contributed by atoms with Crippen molar-refractivity contribution in [2.75, 3.05) is 13.1 Å². The van der Waals surface area contributed by atoms with Crippen LogP contribution >= 0.6 is 0 Å². The van der Waals surface area contributed by atoms with Crippen molar-refractivity contribution in [1.82, 2.24) is 14.7 Å². The molecule has 3 atom stereocenters. The molecule has 2 heterocycles. The Morgan fingerprint density at radius 1 is 1.37 bits per heavy atom. The first kappa shape index (κ1) is 13.1. The van der Waals surface area contributed by atoms with E-state index in [2.05, 4.69) is 23.1 Å². The fourth-order valence-electron chi connectivity index (χ4n) is 4.07. The molecule has 1 saturated carbocycles. The summed E-state index contributed by atoms with van der Waals surface area (Å²) in [4.78, 5) is 2.68. The number of nitrogens with zero attached hydrogens (tertiary/aromatic N) is 3. The smallest absolute Gasteiger partial charge is 0.0538 e. The van der Waals surface area contributed by atoms with Gasteiger partial charge in [-0.3, -0.25) is 9.58 Å². The molecule has 4 nitrogen and oxygen atoms in total. The van der Waals surface area contributed by atoms with Crippen LogP contribution < -0.4 is 5.73 Å². The van der Waals surface area contributed by atoms with Gasteiger partial charge in [0.1, 0.15) is 0 Å². The van der Waals surface area contributed by atoms with E-state index < -0.39 is 0 Å². The van der Waals surface area contributed by atoms with Crippen molar-refractivity contribution in [2.24, 2.45) is 11.7 Å². The lowest BCUT2D eigenvalue weighted by molar-refractivity contribution is 0.0701. The lowest BCUT2D eigenvalue weighted by Gasteiger charge is -2.42. The van der Waals surface area contributed by atoms with Gasteiger partial charge in [0.25, 0.3) is 0 Å². The van der Waals surface area contributed by atoms with E-state index in [9.17, 15) is 0 Å². The molecule has 0 aromatic carbocycles. The van der Waals surface area contributed by atoms with Gasteiger partial charge in [0, 0.05) is 30.9 Å². The van der Waals surface area contributed by atoms with Crippen LogP contribution in [0.4, 0.5) is 0 Å². The quantitative estimate of drug-likeness (QED) is 0.904. The molecular formula is C15H26N4. The lowest BCUT2D eigenvalue weighted by Crippen LogP contribution is -2.46. The Morgan fingerprint density at radius 2 is 2.21 bits per heavy atom. The van der Waals surface area contributed by atoms with Crippen molar-refractivity contribution in [3.8, 4) is 0 Å². The van der Waals surface area contributed by atoms with Gasteiger partial charge in [0.15, 0.2) is 0 Å². The van der Waals surface area contributed by atoms with Crippen LogP contribution in [-0.4, -0.2) is 33.8 Å². The van der Waals surface area contributed by atoms with Crippen molar-refractivity contribution in [3.05, 3.63) is 18.0 Å². The monoisotopic (exact) mass is 262 g/mol. The minimum Gasteiger partial charge on any atom is -0.329 e. The maximum Gasteiger partial charge on any atom is 0.0538 e. The molecule has 0 bridgehead atoms. The van der Waals surface area contributed by atoms with E-state index >= 15 is 0 Å². The fraction of sp³-hybridized carbons (Fsp3) is 0.800. The number of likely N-dealkylation sites (tertiary alicyclic amines) is 1. The van der Waals surface area contributed by atoms with Gasteiger partial charge >= 0.3 is 0 Å². The summed E-state index contributed by atoms with van der Waals surface area (Å²) in [6, 6.07) is 1.14. The van der Waals surface area contributed by atoms with E-state index in [4.69, 9.17) is 5.73 Å². The minimum absolute atomic E-state index is 0.367. The number of hydrogen-bond acceptors (Lipinski definition) is 3. The highest BCUT2D eigenvalue weighted by atomic mass is 15.3. The average molecular weight is 262 g/mol. The summed E-state index contributed by atoms with van der Waals surface area (Å²) < 4.78 is 2.01. The van der Waals surface area contributed by atoms with Crippen LogP contribution in [0.1, 0.15) is 50.6 Å². The Bertz CT molecular complexity index is 414. The van der Waals surface area contributed by atoms with Gasteiger partial charge in [-0.25, -0.2) is 0 Å². The molecule has 0 amide bonds. The first-order valence-electron chi connectivity index (χ1n) is 7.81. The van der Waals surface area contributed by atoms with Gasteiger partial charge in [-0.05, 0) is 45.1 Å². The van der Waals surface area contributed by atoms with Crippen LogP contribution in [0, 0.1) is 5.92 Å². The molecule has 2 aliphatic rings. The molecule has 2 fully saturated rings. The second-order valence-corrected chi connectivity index (χ2v) is 6.02. The Balaban J connectivity index is 1.80. The molecule has 3 rings (SSSR count). The molecule has 1 aromatic heterocycles. The van der Waals surface area contributed by atoms with Crippen LogP contribution in [0.25, 0.3) is 0 Å². The van der Waals surface area contributed by atoms with Crippen molar-refractivity contribution in [2.45, 2.75) is 57.7 Å². The van der Waals surface area contributed by atoms with E-state index in [1.54, 1.807) is 0 Å². The maximum absolute atomic E-state index is 6.09. The van der Waals surface area contributed by atoms with Gasteiger partial charge in [-0.1, -0.05) is 6.42 Å². The molecule has 1 aliphatic carbocycles. The third-order valence-electron chi connectivity index (χ3n) is 5.02. The second kappa shape index (κ2) is 5.63. The van der Waals surface area contributed by atoms with Crippen LogP contribution in [-0.2, 0) is 6.54 Å². The molecule has 0 spiro atoms. The summed E-state index contributed by atoms with van der Waals surface area (Å²) in [5.74, 6) is 0.920. The molecule has 1 saturated heterocycles. The number of piperidine rings is 1. The van der Waals surface area contributed by atoms with Crippen LogP contribution in [0.5, 0.6) is 0 Å². The zero-order chi connectivity index (χ0) is 13.2. The fourth-order valence-corrected chi connectivity index (χ4v) is 4.07. The molecule has 1 aliphatic heterocycles. The topological polar surface area (TPSA) is 47.1 Å². The summed E-state index contributed by atoms with van der Waals surface area (Å²) >= 11 is 0. The van der Waals surface area contributed by atoms with Gasteiger partial charge in [-0.2, -0.15) is 5.10 Å². The molecule has 2 N–H and O–H groups in total. The number of aromatic nitrogens is 2. The highest BCUT2D eigenvalue weighted by Crippen LogP contribution is 2.40. The third kappa shape index (κ3) is 2.43. The Morgan fingerprint density at radius 3 is 2.95 bits per heavy atom. The standard InChI is InChI=1S/C15H26N4/c1-2-18-11-13(10-17-18)15(9-16)19-8-4-6-12-5-3-7-14(12)19/h10-12,14-15H,2-9,16H2,1H3. The number of nitrogens with two attached hydrogens (primary N) is 1. The summed E-state index contributed by atoms with van der Waals surface area (Å²) in [5, 5.41) is 4.42. The normalized spacial score (nSPS) is 29.4. The summed E-state index contributed by atoms with van der Waals surface area (Å²) in [5.41, 5.74) is 7.39. The van der Waals surface area contributed by atoms with Gasteiger partial charge in [0.2, 0.25) is 0 Å². The Kier molecular flexibility index (Phi) is 3.89. The largest absolute Gasteiger partial charge is 0.329 e. The molecule has 3 unspecified atom stereocenters. The zero-order valence-electron chi connectivity index (χ0n) is 12.0. The summed E-state index contributed by atoms with van der Waals surface area (Å²) in [6.07, 6.45) is 11.1. The zero-order valence-corrected chi connectivity index (χ0v) is 12.0. The summed E-state index contributed by atoms with van der Waals surface area (Å²) in [6.45, 7) is 4.98. The van der Waals surface area contributed by atoms with Gasteiger partial charge < -0.3 is 5.73 Å². The van der Waals surface area contributed by atoms with E-state index in [0.29, 0.717) is 12.6 Å². The number of hydrogen-bond donors (Lipinski definition) is 1. The SMILES string of the molecule is CCn1cc(C(CN)N2CCCC3CCCC32)cn1. The Labute approximate surface area is 116 Å². The summed E-state index contributed by atoms with van der Waals surface area (Å²) in [7, 11) is 0. The number of fused-ring (bicyclic) bond motifs is 1. The molecule has 106 valence electrons. The van der Waals surface area contributed by atoms with Crippen molar-refractivity contribution in [3.63, 3.8) is 0 Å².